The standard InChI is InChI=1S/C14H16ClN3O2S/c15-14-5-13(2-1-10(14)6-16)21(19,20)18-4-3-11-7-17-8-12(11)9-18/h1-2,5,11-12,17H,3-4,7-9H2. The van der Waals surface area contributed by atoms with Gasteiger partial charge in [-0.2, -0.15) is 9.57 Å². The molecule has 2 atom stereocenters. The molecule has 2 saturated heterocycles. The molecule has 0 bridgehead atoms. The van der Waals surface area contributed by atoms with Crippen LogP contribution in [0.25, 0.3) is 0 Å². The van der Waals surface area contributed by atoms with Crippen LogP contribution < -0.4 is 5.32 Å². The van der Waals surface area contributed by atoms with Crippen LogP contribution in [0, 0.1) is 23.2 Å². The third-order valence-corrected chi connectivity index (χ3v) is 6.54. The van der Waals surface area contributed by atoms with Crippen molar-refractivity contribution in [3.8, 4) is 6.07 Å². The second kappa shape index (κ2) is 5.58. The summed E-state index contributed by atoms with van der Waals surface area (Å²) in [5, 5.41) is 12.4. The van der Waals surface area contributed by atoms with E-state index in [0.717, 1.165) is 19.5 Å². The Balaban J connectivity index is 1.87. The molecule has 1 aromatic rings. The molecule has 2 unspecified atom stereocenters. The maximum atomic E-state index is 12.7. The highest BCUT2D eigenvalue weighted by molar-refractivity contribution is 7.89. The van der Waals surface area contributed by atoms with Gasteiger partial charge in [0.15, 0.2) is 0 Å². The molecular formula is C14H16ClN3O2S. The Labute approximate surface area is 129 Å². The highest BCUT2D eigenvalue weighted by Crippen LogP contribution is 2.31. The number of fused-ring (bicyclic) bond motifs is 1. The summed E-state index contributed by atoms with van der Waals surface area (Å²) >= 11 is 5.95. The Morgan fingerprint density at radius 1 is 1.33 bits per heavy atom. The molecule has 1 N–H and O–H groups in total. The van der Waals surface area contributed by atoms with Crippen LogP contribution in [0.1, 0.15) is 12.0 Å². The number of nitrogens with one attached hydrogen (secondary N) is 1. The minimum atomic E-state index is -3.54. The number of benzene rings is 1. The van der Waals surface area contributed by atoms with Crippen molar-refractivity contribution in [2.45, 2.75) is 11.3 Å². The number of piperidine rings is 1. The maximum Gasteiger partial charge on any atom is 0.243 e. The number of hydrogen-bond donors (Lipinski definition) is 1. The largest absolute Gasteiger partial charge is 0.316 e. The molecule has 5 nitrogen and oxygen atoms in total. The van der Waals surface area contributed by atoms with E-state index >= 15 is 0 Å². The summed E-state index contributed by atoms with van der Waals surface area (Å²) in [7, 11) is -3.54. The third-order valence-electron chi connectivity index (χ3n) is 4.37. The third kappa shape index (κ3) is 2.67. The van der Waals surface area contributed by atoms with Crippen LogP contribution >= 0.6 is 11.6 Å². The van der Waals surface area contributed by atoms with Crippen LogP contribution in [0.3, 0.4) is 0 Å². The van der Waals surface area contributed by atoms with E-state index in [4.69, 9.17) is 16.9 Å². The Hall–Kier alpha value is -1.13. The lowest BCUT2D eigenvalue weighted by Gasteiger charge is -2.33. The number of sulfonamides is 1. The highest BCUT2D eigenvalue weighted by atomic mass is 35.5. The predicted octanol–water partition coefficient (Wildman–Crippen LogP) is 1.44. The fraction of sp³-hybridized carbons (Fsp3) is 0.500. The van der Waals surface area contributed by atoms with Crippen LogP contribution in [-0.2, 0) is 10.0 Å². The van der Waals surface area contributed by atoms with Gasteiger partial charge in [0.1, 0.15) is 6.07 Å². The number of hydrogen-bond acceptors (Lipinski definition) is 4. The van der Waals surface area contributed by atoms with Crippen LogP contribution in [0.15, 0.2) is 23.1 Å². The molecule has 1 aromatic carbocycles. The molecule has 0 aliphatic carbocycles. The topological polar surface area (TPSA) is 73.2 Å². The Morgan fingerprint density at radius 3 is 2.81 bits per heavy atom. The van der Waals surface area contributed by atoms with Crippen molar-refractivity contribution in [3.63, 3.8) is 0 Å². The van der Waals surface area contributed by atoms with Gasteiger partial charge in [-0.05, 0) is 49.5 Å². The molecule has 0 radical (unpaired) electrons. The minimum absolute atomic E-state index is 0.163. The van der Waals surface area contributed by atoms with Crippen molar-refractivity contribution < 1.29 is 8.42 Å². The van der Waals surface area contributed by atoms with E-state index in [2.05, 4.69) is 5.32 Å². The summed E-state index contributed by atoms with van der Waals surface area (Å²) in [4.78, 5) is 0.163. The van der Waals surface area contributed by atoms with Gasteiger partial charge in [-0.25, -0.2) is 8.42 Å². The van der Waals surface area contributed by atoms with E-state index in [-0.39, 0.29) is 15.5 Å². The van der Waals surface area contributed by atoms with E-state index in [1.165, 1.54) is 18.2 Å². The Morgan fingerprint density at radius 2 is 2.10 bits per heavy atom. The molecule has 2 heterocycles. The van der Waals surface area contributed by atoms with Crippen molar-refractivity contribution in [1.82, 2.24) is 9.62 Å². The normalized spacial score (nSPS) is 26.3. The summed E-state index contributed by atoms with van der Waals surface area (Å²) < 4.78 is 26.9. The molecule has 0 saturated carbocycles. The first-order valence-electron chi connectivity index (χ1n) is 6.93. The SMILES string of the molecule is N#Cc1ccc(S(=O)(=O)N2CCC3CNCC3C2)cc1Cl. The van der Waals surface area contributed by atoms with Gasteiger partial charge in [-0.3, -0.25) is 0 Å². The van der Waals surface area contributed by atoms with Crippen molar-refractivity contribution >= 4 is 21.6 Å². The zero-order chi connectivity index (χ0) is 15.0. The number of halogens is 1. The molecule has 0 spiro atoms. The van der Waals surface area contributed by atoms with E-state index in [1.54, 1.807) is 4.31 Å². The molecule has 7 heteroatoms. The van der Waals surface area contributed by atoms with E-state index < -0.39 is 10.0 Å². The van der Waals surface area contributed by atoms with E-state index in [0.29, 0.717) is 24.9 Å². The summed E-state index contributed by atoms with van der Waals surface area (Å²) in [5.41, 5.74) is 0.286. The summed E-state index contributed by atoms with van der Waals surface area (Å²) in [5.74, 6) is 0.975. The van der Waals surface area contributed by atoms with Crippen LogP contribution in [0.4, 0.5) is 0 Å². The highest BCUT2D eigenvalue weighted by Gasteiger charge is 2.37. The van der Waals surface area contributed by atoms with Gasteiger partial charge in [0, 0.05) is 13.1 Å². The average Bonchev–Trinajstić information content (AvgIpc) is 2.94. The first-order valence-corrected chi connectivity index (χ1v) is 8.74. The first kappa shape index (κ1) is 14.8. The van der Waals surface area contributed by atoms with Gasteiger partial charge in [-0.15, -0.1) is 0 Å². The molecule has 2 aliphatic heterocycles. The predicted molar refractivity (Wildman–Crippen MR) is 79.4 cm³/mol. The molecule has 0 amide bonds. The van der Waals surface area contributed by atoms with E-state index in [1.807, 2.05) is 6.07 Å². The van der Waals surface area contributed by atoms with Crippen molar-refractivity contribution in [2.75, 3.05) is 26.2 Å². The van der Waals surface area contributed by atoms with Gasteiger partial charge >= 0.3 is 0 Å². The maximum absolute atomic E-state index is 12.7. The fourth-order valence-electron chi connectivity index (χ4n) is 3.12. The number of nitrogens with zero attached hydrogens (tertiary/aromatic N) is 2. The molecule has 2 fully saturated rings. The Bertz CT molecular complexity index is 699. The minimum Gasteiger partial charge on any atom is -0.316 e. The average molecular weight is 326 g/mol. The lowest BCUT2D eigenvalue weighted by atomic mass is 9.90. The van der Waals surface area contributed by atoms with Crippen LogP contribution in [-0.4, -0.2) is 38.9 Å². The molecule has 21 heavy (non-hydrogen) atoms. The lowest BCUT2D eigenvalue weighted by Crippen LogP contribution is -2.43. The van der Waals surface area contributed by atoms with Crippen LogP contribution in [0.5, 0.6) is 0 Å². The summed E-state index contributed by atoms with van der Waals surface area (Å²) in [6, 6.07) is 6.22. The zero-order valence-corrected chi connectivity index (χ0v) is 13.0. The van der Waals surface area contributed by atoms with Gasteiger partial charge in [0.25, 0.3) is 0 Å². The van der Waals surface area contributed by atoms with Gasteiger partial charge < -0.3 is 5.32 Å². The first-order chi connectivity index (χ1) is 10.0. The number of nitriles is 1. The summed E-state index contributed by atoms with van der Waals surface area (Å²) in [6.45, 7) is 2.96. The molecule has 3 rings (SSSR count). The van der Waals surface area contributed by atoms with Crippen molar-refractivity contribution in [2.24, 2.45) is 11.8 Å². The molecule has 0 aromatic heterocycles. The fourth-order valence-corrected chi connectivity index (χ4v) is 4.94. The second-order valence-corrected chi connectivity index (χ2v) is 7.93. The smallest absolute Gasteiger partial charge is 0.243 e. The second-order valence-electron chi connectivity index (χ2n) is 5.58. The van der Waals surface area contributed by atoms with Gasteiger partial charge in [-0.1, -0.05) is 11.6 Å². The monoisotopic (exact) mass is 325 g/mol. The van der Waals surface area contributed by atoms with Gasteiger partial charge in [0.05, 0.1) is 15.5 Å². The zero-order valence-electron chi connectivity index (χ0n) is 11.4. The quantitative estimate of drug-likeness (QED) is 0.893. The molecule has 2 aliphatic rings. The summed E-state index contributed by atoms with van der Waals surface area (Å²) in [6.07, 6.45) is 0.890. The van der Waals surface area contributed by atoms with Crippen LogP contribution in [0.2, 0.25) is 5.02 Å². The molecular weight excluding hydrogens is 310 g/mol. The van der Waals surface area contributed by atoms with Crippen molar-refractivity contribution in [1.29, 1.82) is 5.26 Å². The van der Waals surface area contributed by atoms with Crippen molar-refractivity contribution in [3.05, 3.63) is 28.8 Å². The number of rotatable bonds is 2. The lowest BCUT2D eigenvalue weighted by molar-refractivity contribution is 0.228. The van der Waals surface area contributed by atoms with E-state index in [9.17, 15) is 8.42 Å². The Kier molecular flexibility index (Phi) is 3.93. The molecule has 112 valence electrons. The van der Waals surface area contributed by atoms with Gasteiger partial charge in [0.2, 0.25) is 10.0 Å².